The second-order valence-corrected chi connectivity index (χ2v) is 6.41. The molecular formula is C23H40O8. The van der Waals surface area contributed by atoms with Gasteiger partial charge in [0.15, 0.2) is 0 Å². The average molecular weight is 445 g/mol. The van der Waals surface area contributed by atoms with E-state index in [0.29, 0.717) is 99.1 Å². The van der Waals surface area contributed by atoms with E-state index in [1.54, 1.807) is 0 Å². The summed E-state index contributed by atoms with van der Waals surface area (Å²) in [7, 11) is 0. The van der Waals surface area contributed by atoms with E-state index in [-0.39, 0.29) is 0 Å². The summed E-state index contributed by atoms with van der Waals surface area (Å²) in [6.45, 7) is 11.2. The Morgan fingerprint density at radius 3 is 1.10 bits per heavy atom. The van der Waals surface area contributed by atoms with E-state index in [1.807, 2.05) is 37.3 Å². The molecule has 8 nitrogen and oxygen atoms in total. The predicted molar refractivity (Wildman–Crippen MR) is 118 cm³/mol. The highest BCUT2D eigenvalue weighted by Gasteiger charge is 1.95. The normalized spacial score (nSPS) is 11.3. The van der Waals surface area contributed by atoms with Crippen LogP contribution in [0, 0.1) is 0 Å². The molecule has 0 aliphatic carbocycles. The van der Waals surface area contributed by atoms with E-state index >= 15 is 0 Å². The topological polar surface area (TPSA) is 73.8 Å². The molecule has 0 bridgehead atoms. The molecule has 0 N–H and O–H groups in total. The third-order valence-corrected chi connectivity index (χ3v) is 3.92. The van der Waals surface area contributed by atoms with Gasteiger partial charge in [0.2, 0.25) is 0 Å². The maximum absolute atomic E-state index is 5.55. The highest BCUT2D eigenvalue weighted by molar-refractivity contribution is 5.13. The first-order chi connectivity index (χ1) is 15.4. The van der Waals surface area contributed by atoms with Crippen molar-refractivity contribution < 1.29 is 37.9 Å². The molecule has 0 aliphatic rings. The molecular weight excluding hydrogens is 404 g/mol. The Bertz CT molecular complexity index is 460. The monoisotopic (exact) mass is 444 g/mol. The van der Waals surface area contributed by atoms with Gasteiger partial charge in [0, 0.05) is 6.61 Å². The molecule has 180 valence electrons. The lowest BCUT2D eigenvalue weighted by atomic mass is 10.2. The number of ether oxygens (including phenoxy) is 8. The van der Waals surface area contributed by atoms with E-state index in [0.717, 1.165) is 6.61 Å². The summed E-state index contributed by atoms with van der Waals surface area (Å²) >= 11 is 0. The fraction of sp³-hybridized carbons (Fsp3) is 0.739. The highest BCUT2D eigenvalue weighted by Crippen LogP contribution is 1.99. The molecule has 0 atom stereocenters. The maximum Gasteiger partial charge on any atom is 0.0718 e. The molecule has 0 heterocycles. The fourth-order valence-corrected chi connectivity index (χ4v) is 2.35. The Kier molecular flexibility index (Phi) is 21.2. The number of rotatable bonds is 24. The minimum Gasteiger partial charge on any atom is -0.379 e. The van der Waals surface area contributed by atoms with Gasteiger partial charge in [-0.3, -0.25) is 0 Å². The Morgan fingerprint density at radius 2 is 0.742 bits per heavy atom. The van der Waals surface area contributed by atoms with Gasteiger partial charge < -0.3 is 37.9 Å². The summed E-state index contributed by atoms with van der Waals surface area (Å²) in [6, 6.07) is 10.1. The fourth-order valence-electron chi connectivity index (χ4n) is 2.35. The van der Waals surface area contributed by atoms with Crippen LogP contribution in [0.4, 0.5) is 0 Å². The van der Waals surface area contributed by atoms with Gasteiger partial charge in [-0.25, -0.2) is 0 Å². The molecule has 0 aromatic heterocycles. The molecule has 8 heteroatoms. The largest absolute Gasteiger partial charge is 0.379 e. The van der Waals surface area contributed by atoms with Crippen LogP contribution in [0.25, 0.3) is 0 Å². The van der Waals surface area contributed by atoms with Gasteiger partial charge in [-0.15, -0.1) is 0 Å². The van der Waals surface area contributed by atoms with E-state index in [4.69, 9.17) is 37.9 Å². The van der Waals surface area contributed by atoms with Gasteiger partial charge >= 0.3 is 0 Å². The molecule has 0 saturated heterocycles. The van der Waals surface area contributed by atoms with Crippen LogP contribution in [0.2, 0.25) is 0 Å². The minimum atomic E-state index is 0.541. The first-order valence-corrected chi connectivity index (χ1v) is 11.1. The minimum absolute atomic E-state index is 0.541. The van der Waals surface area contributed by atoms with Gasteiger partial charge in [0.25, 0.3) is 0 Å². The van der Waals surface area contributed by atoms with Crippen LogP contribution in [0.15, 0.2) is 30.3 Å². The second-order valence-electron chi connectivity index (χ2n) is 6.41. The van der Waals surface area contributed by atoms with E-state index in [2.05, 4.69) is 0 Å². The van der Waals surface area contributed by atoms with Crippen LogP contribution >= 0.6 is 0 Å². The van der Waals surface area contributed by atoms with Crippen molar-refractivity contribution in [2.75, 3.05) is 99.1 Å². The van der Waals surface area contributed by atoms with Crippen molar-refractivity contribution in [2.45, 2.75) is 13.5 Å². The Labute approximate surface area is 187 Å². The van der Waals surface area contributed by atoms with Crippen molar-refractivity contribution in [3.8, 4) is 0 Å². The van der Waals surface area contributed by atoms with Crippen molar-refractivity contribution in [3.63, 3.8) is 0 Å². The predicted octanol–water partition coefficient (Wildman–Crippen LogP) is 2.34. The summed E-state index contributed by atoms with van der Waals surface area (Å²) in [4.78, 5) is 0. The molecule has 0 amide bonds. The van der Waals surface area contributed by atoms with E-state index < -0.39 is 0 Å². The molecule has 1 aromatic rings. The van der Waals surface area contributed by atoms with Crippen LogP contribution in [0.5, 0.6) is 0 Å². The van der Waals surface area contributed by atoms with E-state index in [1.165, 1.54) is 5.56 Å². The van der Waals surface area contributed by atoms with Crippen molar-refractivity contribution in [1.82, 2.24) is 0 Å². The third-order valence-electron chi connectivity index (χ3n) is 3.92. The van der Waals surface area contributed by atoms with E-state index in [9.17, 15) is 0 Å². The summed E-state index contributed by atoms with van der Waals surface area (Å²) in [5.74, 6) is 0. The maximum atomic E-state index is 5.55. The van der Waals surface area contributed by atoms with Gasteiger partial charge in [0.05, 0.1) is 99.1 Å². The Balaban J connectivity index is 1.65. The van der Waals surface area contributed by atoms with Crippen LogP contribution in [0.1, 0.15) is 12.5 Å². The summed E-state index contributed by atoms with van der Waals surface area (Å²) in [6.07, 6.45) is 0. The molecule has 31 heavy (non-hydrogen) atoms. The number of hydrogen-bond donors (Lipinski definition) is 0. The molecule has 0 radical (unpaired) electrons. The van der Waals surface area contributed by atoms with Crippen LogP contribution in [0.3, 0.4) is 0 Å². The summed E-state index contributed by atoms with van der Waals surface area (Å²) < 4.78 is 43.3. The van der Waals surface area contributed by atoms with Crippen LogP contribution < -0.4 is 0 Å². The highest BCUT2D eigenvalue weighted by atomic mass is 16.6. The van der Waals surface area contributed by atoms with Gasteiger partial charge in [-0.1, -0.05) is 30.3 Å². The molecule has 1 rings (SSSR count). The lowest BCUT2D eigenvalue weighted by Gasteiger charge is -2.08. The third kappa shape index (κ3) is 20.6. The molecule has 0 unspecified atom stereocenters. The van der Waals surface area contributed by atoms with Gasteiger partial charge in [0.1, 0.15) is 0 Å². The quantitative estimate of drug-likeness (QED) is 0.225. The molecule has 0 aliphatic heterocycles. The summed E-state index contributed by atoms with van der Waals surface area (Å²) in [5, 5.41) is 0. The van der Waals surface area contributed by atoms with Crippen molar-refractivity contribution >= 4 is 0 Å². The molecule has 0 saturated carbocycles. The number of hydrogen-bond acceptors (Lipinski definition) is 8. The van der Waals surface area contributed by atoms with Crippen LogP contribution in [-0.2, 0) is 44.5 Å². The lowest BCUT2D eigenvalue weighted by Crippen LogP contribution is -2.14. The van der Waals surface area contributed by atoms with Crippen LogP contribution in [-0.4, -0.2) is 99.1 Å². The first-order valence-electron chi connectivity index (χ1n) is 11.1. The smallest absolute Gasteiger partial charge is 0.0718 e. The van der Waals surface area contributed by atoms with Gasteiger partial charge in [-0.2, -0.15) is 0 Å². The van der Waals surface area contributed by atoms with Crippen molar-refractivity contribution in [3.05, 3.63) is 35.9 Å². The first kappa shape index (κ1) is 27.9. The zero-order valence-corrected chi connectivity index (χ0v) is 19.0. The molecule has 1 aromatic carbocycles. The molecule has 0 fully saturated rings. The summed E-state index contributed by atoms with van der Waals surface area (Å²) in [5.41, 5.74) is 1.17. The SMILES string of the molecule is CCOCCOCCOCCOCCOCCOCCOCCOCc1ccccc1. The Morgan fingerprint density at radius 1 is 0.419 bits per heavy atom. The zero-order valence-electron chi connectivity index (χ0n) is 19.0. The van der Waals surface area contributed by atoms with Crippen molar-refractivity contribution in [2.24, 2.45) is 0 Å². The van der Waals surface area contributed by atoms with Gasteiger partial charge in [-0.05, 0) is 12.5 Å². The standard InChI is InChI=1S/C23H40O8/c1-2-24-8-9-25-10-11-26-12-13-27-14-15-28-16-17-29-18-19-30-20-21-31-22-23-6-4-3-5-7-23/h3-7H,2,8-22H2,1H3. The van der Waals surface area contributed by atoms with Crippen molar-refractivity contribution in [1.29, 1.82) is 0 Å². The number of benzene rings is 1. The molecule has 0 spiro atoms. The lowest BCUT2D eigenvalue weighted by molar-refractivity contribution is -0.0233. The zero-order chi connectivity index (χ0) is 22.1. The average Bonchev–Trinajstić information content (AvgIpc) is 2.80. The Hall–Kier alpha value is -1.10. The second kappa shape index (κ2) is 23.6.